The Labute approximate surface area is 393 Å². The van der Waals surface area contributed by atoms with Crippen molar-refractivity contribution >= 4 is 45.9 Å². The number of hydrogen-bond acceptors (Lipinski definition) is 9. The second kappa shape index (κ2) is 23.1. The number of esters is 2. The first-order valence-electron chi connectivity index (χ1n) is 22.7. The number of carbonyl (C=O) groups excluding carboxylic acids is 2. The number of rotatable bonds is 19. The van der Waals surface area contributed by atoms with Gasteiger partial charge in [-0.2, -0.15) is 0 Å². The molecular weight excluding hydrogens is 858 g/mol. The van der Waals surface area contributed by atoms with Crippen molar-refractivity contribution in [2.45, 2.75) is 143 Å². The lowest BCUT2D eigenvalue weighted by Crippen LogP contribution is -2.52. The predicted octanol–water partition coefficient (Wildman–Crippen LogP) is 10.9. The Morgan fingerprint density at radius 3 is 1.60 bits per heavy atom. The van der Waals surface area contributed by atoms with Gasteiger partial charge in [0.15, 0.2) is 0 Å². The summed E-state index contributed by atoms with van der Waals surface area (Å²) in [6.07, 6.45) is 7.17. The molecule has 0 aromatic heterocycles. The van der Waals surface area contributed by atoms with Gasteiger partial charge in [0.1, 0.15) is 6.79 Å². The maximum Gasteiger partial charge on any atom is 0.311 e. The zero-order chi connectivity index (χ0) is 47.7. The lowest BCUT2D eigenvalue weighted by Gasteiger charge is -2.47. The molecule has 2 saturated carbocycles. The minimum atomic E-state index is -1.17. The van der Waals surface area contributed by atoms with Crippen LogP contribution >= 0.6 is 23.2 Å². The summed E-state index contributed by atoms with van der Waals surface area (Å²) in [5.41, 5.74) is 9.56. The van der Waals surface area contributed by atoms with Gasteiger partial charge in [-0.15, -0.1) is 0 Å². The topological polar surface area (TPSA) is 134 Å². The fraction of sp³-hybridized carbons (Fsp3) is 0.725. The fourth-order valence-electron chi connectivity index (χ4n) is 9.09. The Balaban J connectivity index is 0.000000349. The van der Waals surface area contributed by atoms with E-state index in [2.05, 4.69) is 60.6 Å². The van der Waals surface area contributed by atoms with Crippen LogP contribution < -0.4 is 5.73 Å². The number of nitrogens with two attached hydrogens (primary N) is 1. The molecule has 3 N–H and O–H groups in total. The number of halogens is 2. The van der Waals surface area contributed by atoms with Crippen molar-refractivity contribution in [3.63, 3.8) is 0 Å². The molecular formula is C51H81Cl2NO8S. The van der Waals surface area contributed by atoms with Crippen LogP contribution in [0.2, 0.25) is 10.0 Å². The third-order valence-corrected chi connectivity index (χ3v) is 16.3. The first-order chi connectivity index (χ1) is 29.1. The quantitative estimate of drug-likeness (QED) is 0.0802. The molecule has 2 aliphatic rings. The number of benzene rings is 2. The van der Waals surface area contributed by atoms with E-state index in [0.717, 1.165) is 73.6 Å². The molecule has 5 atom stereocenters. The molecule has 2 aromatic rings. The zero-order valence-corrected chi connectivity index (χ0v) is 43.3. The number of aliphatic hydroxyl groups is 1. The molecule has 0 heterocycles. The summed E-state index contributed by atoms with van der Waals surface area (Å²) in [6, 6.07) is 12.1. The lowest BCUT2D eigenvalue weighted by molar-refractivity contribution is -0.154. The fourth-order valence-corrected chi connectivity index (χ4v) is 11.0. The smallest absolute Gasteiger partial charge is 0.311 e. The Hall–Kier alpha value is -2.05. The van der Waals surface area contributed by atoms with E-state index >= 15 is 0 Å². The van der Waals surface area contributed by atoms with Gasteiger partial charge in [-0.05, 0) is 148 Å². The number of hydrogen-bond donors (Lipinski definition) is 2. The van der Waals surface area contributed by atoms with Gasteiger partial charge in [-0.3, -0.25) is 13.8 Å². The highest BCUT2D eigenvalue weighted by molar-refractivity contribution is 7.86. The normalized spacial score (nSPS) is 22.4. The molecule has 9 nitrogen and oxygen atoms in total. The van der Waals surface area contributed by atoms with Crippen LogP contribution in [-0.2, 0) is 63.1 Å². The van der Waals surface area contributed by atoms with E-state index in [1.165, 1.54) is 14.2 Å². The van der Waals surface area contributed by atoms with Crippen molar-refractivity contribution in [2.75, 3.05) is 47.1 Å². The SMILES string of the molecule is COC(=O)C(C1CC(CO)C1)[C@@](C)(N)c1ccc(CCC(C)(C)C)c(Cl)c1.COCOCC1CC(C(C(=O)OC)[C@@](C)(C[S@@](=O)C(C)(C)C)c2ccc(CCC(C)(C)C)c(Cl)c2)C1. The van der Waals surface area contributed by atoms with Gasteiger partial charge < -0.3 is 29.8 Å². The van der Waals surface area contributed by atoms with E-state index in [-0.39, 0.29) is 53.9 Å². The van der Waals surface area contributed by atoms with E-state index in [4.69, 9.17) is 47.9 Å². The van der Waals surface area contributed by atoms with Gasteiger partial charge in [0.25, 0.3) is 0 Å². The Kier molecular flexibility index (Phi) is 20.3. The molecule has 2 fully saturated rings. The minimum Gasteiger partial charge on any atom is -0.469 e. The maximum absolute atomic E-state index is 13.5. The van der Waals surface area contributed by atoms with Gasteiger partial charge in [-0.25, -0.2) is 0 Å². The van der Waals surface area contributed by atoms with Crippen molar-refractivity contribution in [1.82, 2.24) is 0 Å². The van der Waals surface area contributed by atoms with Crippen LogP contribution in [0.4, 0.5) is 0 Å². The molecule has 2 unspecified atom stereocenters. The summed E-state index contributed by atoms with van der Waals surface area (Å²) in [7, 11) is 3.27. The third-order valence-electron chi connectivity index (χ3n) is 13.3. The van der Waals surface area contributed by atoms with E-state index in [0.29, 0.717) is 28.3 Å². The molecule has 0 aliphatic heterocycles. The summed E-state index contributed by atoms with van der Waals surface area (Å²) in [5, 5.41) is 10.7. The van der Waals surface area contributed by atoms with Crippen molar-refractivity contribution in [1.29, 1.82) is 0 Å². The first-order valence-corrected chi connectivity index (χ1v) is 24.8. The average molecular weight is 939 g/mol. The molecule has 4 rings (SSSR count). The molecule has 0 amide bonds. The first kappa shape index (κ1) is 55.3. The predicted molar refractivity (Wildman–Crippen MR) is 258 cm³/mol. The van der Waals surface area contributed by atoms with Crippen LogP contribution in [0.15, 0.2) is 36.4 Å². The standard InChI is InChI=1S/C29H47ClO5S.C22H34ClNO3/c1-27(2,3)13-12-21-10-11-23(16-24(21)30)29(7,18-36(32)28(4,5)6)25(26(31)34-9)22-14-20(15-22)17-35-19-33-8;1-21(2,3)9-8-15-6-7-17(12-18(15)23)22(4,24)19(20(26)27-5)16-10-14(11-16)13-25/h10-11,16,20,22,25H,12-15,17-19H2,1-9H3;6-7,12,14,16,19,25H,8-11,13,24H2,1-5H3/t20?,22?,25?,29-,36+;14?,16?,19?,22-/m00/s1. The zero-order valence-electron chi connectivity index (χ0n) is 41.0. The van der Waals surface area contributed by atoms with Crippen LogP contribution in [0, 0.1) is 46.3 Å². The van der Waals surface area contributed by atoms with Crippen LogP contribution in [-0.4, -0.2) is 73.1 Å². The summed E-state index contributed by atoms with van der Waals surface area (Å²) < 4.78 is 34.0. The Morgan fingerprint density at radius 2 is 1.17 bits per heavy atom. The summed E-state index contributed by atoms with van der Waals surface area (Å²) in [5.74, 6) is -0.217. The van der Waals surface area contributed by atoms with E-state index < -0.39 is 38.3 Å². The lowest BCUT2D eigenvalue weighted by atomic mass is 9.59. The average Bonchev–Trinajstić information content (AvgIpc) is 3.15. The van der Waals surface area contributed by atoms with Gasteiger partial charge in [0.2, 0.25) is 0 Å². The Bertz CT molecular complexity index is 1820. The molecule has 0 spiro atoms. The summed E-state index contributed by atoms with van der Waals surface area (Å²) in [6.45, 7) is 24.2. The van der Waals surface area contributed by atoms with Crippen molar-refractivity contribution in [3.8, 4) is 0 Å². The van der Waals surface area contributed by atoms with Gasteiger partial charge in [-0.1, -0.05) is 95.9 Å². The minimum absolute atomic E-state index is 0.115. The molecule has 0 radical (unpaired) electrons. The highest BCUT2D eigenvalue weighted by atomic mass is 35.5. The monoisotopic (exact) mass is 938 g/mol. The molecule has 0 saturated heterocycles. The van der Waals surface area contributed by atoms with E-state index in [9.17, 15) is 18.9 Å². The van der Waals surface area contributed by atoms with E-state index in [1.54, 1.807) is 7.11 Å². The molecule has 63 heavy (non-hydrogen) atoms. The third kappa shape index (κ3) is 15.5. The van der Waals surface area contributed by atoms with Gasteiger partial charge in [0.05, 0.1) is 38.2 Å². The van der Waals surface area contributed by atoms with Crippen molar-refractivity contribution in [3.05, 3.63) is 68.7 Å². The molecule has 12 heteroatoms. The number of aryl methyl sites for hydroxylation is 2. The molecule has 358 valence electrons. The van der Waals surface area contributed by atoms with Crippen LogP contribution in [0.1, 0.15) is 137 Å². The molecule has 0 bridgehead atoms. The van der Waals surface area contributed by atoms with Crippen LogP contribution in [0.5, 0.6) is 0 Å². The van der Waals surface area contributed by atoms with Crippen LogP contribution in [0.3, 0.4) is 0 Å². The van der Waals surface area contributed by atoms with E-state index in [1.807, 2.05) is 52.0 Å². The Morgan fingerprint density at radius 1 is 0.730 bits per heavy atom. The van der Waals surface area contributed by atoms with Gasteiger partial charge in [0, 0.05) is 50.5 Å². The maximum atomic E-state index is 13.5. The number of aliphatic hydroxyl groups excluding tert-OH is 1. The molecule has 2 aliphatic carbocycles. The number of ether oxygens (including phenoxy) is 4. The van der Waals surface area contributed by atoms with Crippen LogP contribution in [0.25, 0.3) is 0 Å². The van der Waals surface area contributed by atoms with Gasteiger partial charge >= 0.3 is 11.9 Å². The highest BCUT2D eigenvalue weighted by Crippen LogP contribution is 2.50. The highest BCUT2D eigenvalue weighted by Gasteiger charge is 2.52. The van der Waals surface area contributed by atoms with Crippen molar-refractivity contribution in [2.24, 2.45) is 52.1 Å². The summed E-state index contributed by atoms with van der Waals surface area (Å²) >= 11 is 13.4. The largest absolute Gasteiger partial charge is 0.469 e. The summed E-state index contributed by atoms with van der Waals surface area (Å²) in [4.78, 5) is 25.9. The second-order valence-electron chi connectivity index (χ2n) is 22.2. The second-order valence-corrected chi connectivity index (χ2v) is 25.2. The molecule has 2 aromatic carbocycles. The number of carbonyl (C=O) groups is 2. The number of methoxy groups -OCH3 is 3. The van der Waals surface area contributed by atoms with Crippen molar-refractivity contribution < 1.29 is 37.9 Å².